The molecule has 3 rings (SSSR count). The molecule has 1 aliphatic heterocycles. The lowest BCUT2D eigenvalue weighted by Crippen LogP contribution is -2.47. The predicted molar refractivity (Wildman–Crippen MR) is 138 cm³/mol. The van der Waals surface area contributed by atoms with Crippen molar-refractivity contribution in [2.75, 3.05) is 19.6 Å². The van der Waals surface area contributed by atoms with Crippen LogP contribution in [-0.4, -0.2) is 46.4 Å². The highest BCUT2D eigenvalue weighted by atomic mass is 32.1. The Morgan fingerprint density at radius 3 is 2.25 bits per heavy atom. The molecule has 5 heteroatoms. The first-order valence-electron chi connectivity index (χ1n) is 11.5. The number of nitrogens with two attached hydrogens (primary N) is 1. The molecule has 1 saturated heterocycles. The normalized spacial score (nSPS) is 15.0. The molecule has 0 spiro atoms. The number of carbonyl (C=O) groups is 1. The van der Waals surface area contributed by atoms with Crippen LogP contribution in [0.25, 0.3) is 6.08 Å². The van der Waals surface area contributed by atoms with Gasteiger partial charge in [-0.3, -0.25) is 4.79 Å². The molecule has 1 aliphatic rings. The minimum Gasteiger partial charge on any atom is -0.389 e. The van der Waals surface area contributed by atoms with Gasteiger partial charge >= 0.3 is 0 Å². The van der Waals surface area contributed by atoms with Crippen LogP contribution in [0.15, 0.2) is 55.1 Å². The van der Waals surface area contributed by atoms with Crippen LogP contribution in [0.5, 0.6) is 0 Å². The predicted octanol–water partition coefficient (Wildman–Crippen LogP) is 5.12. The lowest BCUT2D eigenvalue weighted by Gasteiger charge is -2.39. The summed E-state index contributed by atoms with van der Waals surface area (Å²) in [6, 6.07) is 15.8. The highest BCUT2D eigenvalue weighted by Crippen LogP contribution is 2.23. The second-order valence-corrected chi connectivity index (χ2v) is 9.52. The summed E-state index contributed by atoms with van der Waals surface area (Å²) in [5.74, 6) is 0.799. The molecular formula is C27H35N3OS. The van der Waals surface area contributed by atoms with Crippen molar-refractivity contribution in [1.29, 1.82) is 0 Å². The molecule has 0 saturated carbocycles. The van der Waals surface area contributed by atoms with Gasteiger partial charge in [0.25, 0.3) is 5.91 Å². The zero-order valence-electron chi connectivity index (χ0n) is 19.3. The van der Waals surface area contributed by atoms with Crippen LogP contribution in [0.3, 0.4) is 0 Å². The molecule has 0 aromatic heterocycles. The summed E-state index contributed by atoms with van der Waals surface area (Å²) < 4.78 is 0. The van der Waals surface area contributed by atoms with Gasteiger partial charge in [-0.25, -0.2) is 0 Å². The van der Waals surface area contributed by atoms with E-state index < -0.39 is 0 Å². The standard InChI is InChI=1S/C27H35N3OS/c1-4-21-5-11-24(12-6-21)27(31)30(19-22-7-9-23(10-8-22)26(28)32)25-14-17-29(18-15-25)16-13-20(2)3/h4-12,20,25H,1,13-19H2,2-3H3,(H2,28,32). The molecule has 1 amide bonds. The van der Waals surface area contributed by atoms with Crippen LogP contribution < -0.4 is 5.73 Å². The number of rotatable bonds is 9. The second kappa shape index (κ2) is 11.4. The molecule has 1 heterocycles. The molecule has 4 nitrogen and oxygen atoms in total. The van der Waals surface area contributed by atoms with Crippen LogP contribution in [0.1, 0.15) is 60.2 Å². The molecule has 170 valence electrons. The van der Waals surface area contributed by atoms with E-state index in [1.807, 2.05) is 48.5 Å². The smallest absolute Gasteiger partial charge is 0.254 e. The van der Waals surface area contributed by atoms with Gasteiger partial charge in [-0.1, -0.05) is 75.1 Å². The Morgan fingerprint density at radius 2 is 1.72 bits per heavy atom. The third-order valence-corrected chi connectivity index (χ3v) is 6.50. The monoisotopic (exact) mass is 449 g/mol. The largest absolute Gasteiger partial charge is 0.389 e. The summed E-state index contributed by atoms with van der Waals surface area (Å²) >= 11 is 5.07. The maximum absolute atomic E-state index is 13.6. The molecule has 0 bridgehead atoms. The van der Waals surface area contributed by atoms with Gasteiger partial charge in [0.05, 0.1) is 0 Å². The van der Waals surface area contributed by atoms with Crippen LogP contribution in [-0.2, 0) is 6.54 Å². The zero-order valence-corrected chi connectivity index (χ0v) is 20.1. The van der Waals surface area contributed by atoms with Crippen molar-refractivity contribution in [2.45, 2.75) is 45.7 Å². The van der Waals surface area contributed by atoms with Crippen molar-refractivity contribution in [1.82, 2.24) is 9.80 Å². The summed E-state index contributed by atoms with van der Waals surface area (Å²) in [6.07, 6.45) is 5.01. The lowest BCUT2D eigenvalue weighted by molar-refractivity contribution is 0.0546. The Labute approximate surface area is 198 Å². The van der Waals surface area contributed by atoms with Crippen LogP contribution >= 0.6 is 12.2 Å². The third kappa shape index (κ3) is 6.50. The number of hydrogen-bond acceptors (Lipinski definition) is 3. The Bertz CT molecular complexity index is 913. The number of likely N-dealkylation sites (tertiary alicyclic amines) is 1. The van der Waals surface area contributed by atoms with Gasteiger partial charge in [0.15, 0.2) is 0 Å². The van der Waals surface area contributed by atoms with Gasteiger partial charge in [-0.05, 0) is 55.0 Å². The molecule has 32 heavy (non-hydrogen) atoms. The van der Waals surface area contributed by atoms with Crippen LogP contribution in [0.4, 0.5) is 0 Å². The van der Waals surface area contributed by atoms with E-state index in [-0.39, 0.29) is 11.9 Å². The third-order valence-electron chi connectivity index (χ3n) is 6.27. The second-order valence-electron chi connectivity index (χ2n) is 9.08. The van der Waals surface area contributed by atoms with Crippen molar-refractivity contribution in [3.8, 4) is 0 Å². The number of benzene rings is 2. The van der Waals surface area contributed by atoms with Crippen molar-refractivity contribution >= 4 is 29.2 Å². The molecule has 0 aliphatic carbocycles. The Balaban J connectivity index is 1.76. The van der Waals surface area contributed by atoms with E-state index in [0.29, 0.717) is 17.5 Å². The van der Waals surface area contributed by atoms with Gasteiger partial charge in [0, 0.05) is 36.8 Å². The molecule has 0 radical (unpaired) electrons. The summed E-state index contributed by atoms with van der Waals surface area (Å²) in [7, 11) is 0. The van der Waals surface area contributed by atoms with Gasteiger partial charge in [-0.2, -0.15) is 0 Å². The number of piperidine rings is 1. The van der Waals surface area contributed by atoms with Gasteiger partial charge in [0.2, 0.25) is 0 Å². The highest BCUT2D eigenvalue weighted by molar-refractivity contribution is 7.80. The van der Waals surface area contributed by atoms with Crippen molar-refractivity contribution in [3.63, 3.8) is 0 Å². The number of amides is 1. The van der Waals surface area contributed by atoms with Crippen molar-refractivity contribution in [3.05, 3.63) is 77.4 Å². The number of hydrogen-bond donors (Lipinski definition) is 1. The number of carbonyl (C=O) groups excluding carboxylic acids is 1. The van der Waals surface area contributed by atoms with Crippen LogP contribution in [0, 0.1) is 5.92 Å². The lowest BCUT2D eigenvalue weighted by atomic mass is 9.99. The van der Waals surface area contributed by atoms with Crippen molar-refractivity contribution in [2.24, 2.45) is 11.7 Å². The molecule has 1 fully saturated rings. The highest BCUT2D eigenvalue weighted by Gasteiger charge is 2.28. The van der Waals surface area contributed by atoms with E-state index in [4.69, 9.17) is 18.0 Å². The van der Waals surface area contributed by atoms with E-state index in [1.165, 1.54) is 6.42 Å². The molecule has 0 atom stereocenters. The van der Waals surface area contributed by atoms with E-state index in [9.17, 15) is 4.79 Å². The molecule has 2 N–H and O–H groups in total. The first-order valence-corrected chi connectivity index (χ1v) is 11.9. The first-order chi connectivity index (χ1) is 15.4. The fourth-order valence-electron chi connectivity index (χ4n) is 4.16. The minimum atomic E-state index is 0.0830. The average molecular weight is 450 g/mol. The fourth-order valence-corrected chi connectivity index (χ4v) is 4.30. The summed E-state index contributed by atoms with van der Waals surface area (Å²) in [6.45, 7) is 12.1. The average Bonchev–Trinajstić information content (AvgIpc) is 2.81. The van der Waals surface area contributed by atoms with E-state index in [0.717, 1.165) is 54.7 Å². The Morgan fingerprint density at radius 1 is 1.12 bits per heavy atom. The maximum Gasteiger partial charge on any atom is 0.254 e. The molecule has 2 aromatic carbocycles. The summed E-state index contributed by atoms with van der Waals surface area (Å²) in [4.78, 5) is 18.5. The Kier molecular flexibility index (Phi) is 8.60. The van der Waals surface area contributed by atoms with Gasteiger partial charge in [0.1, 0.15) is 4.99 Å². The number of thiocarbonyl (C=S) groups is 1. The minimum absolute atomic E-state index is 0.0830. The first kappa shape index (κ1) is 24.1. The van der Waals surface area contributed by atoms with E-state index in [1.54, 1.807) is 6.08 Å². The van der Waals surface area contributed by atoms with Gasteiger partial charge < -0.3 is 15.5 Å². The summed E-state index contributed by atoms with van der Waals surface area (Å²) in [5, 5.41) is 0. The van der Waals surface area contributed by atoms with Crippen LogP contribution in [0.2, 0.25) is 0 Å². The maximum atomic E-state index is 13.6. The Hall–Kier alpha value is -2.50. The number of nitrogens with zero attached hydrogens (tertiary/aromatic N) is 2. The van der Waals surface area contributed by atoms with Gasteiger partial charge in [-0.15, -0.1) is 0 Å². The topological polar surface area (TPSA) is 49.6 Å². The molecule has 2 aromatic rings. The molecular weight excluding hydrogens is 414 g/mol. The zero-order chi connectivity index (χ0) is 23.1. The fraction of sp³-hybridized carbons (Fsp3) is 0.407. The van der Waals surface area contributed by atoms with Crippen molar-refractivity contribution < 1.29 is 4.79 Å². The molecule has 0 unspecified atom stereocenters. The van der Waals surface area contributed by atoms with E-state index in [2.05, 4.69) is 30.2 Å². The summed E-state index contributed by atoms with van der Waals surface area (Å²) in [5.41, 5.74) is 9.41. The van der Waals surface area contributed by atoms with E-state index >= 15 is 0 Å². The SMILES string of the molecule is C=Cc1ccc(C(=O)N(Cc2ccc(C(N)=S)cc2)C2CCN(CCC(C)C)CC2)cc1. The quantitative estimate of drug-likeness (QED) is 0.540.